The summed E-state index contributed by atoms with van der Waals surface area (Å²) in [7, 11) is 1.59. The smallest absolute Gasteiger partial charge is 0.124 e. The molecule has 0 aliphatic rings. The van der Waals surface area contributed by atoms with Crippen molar-refractivity contribution in [1.82, 2.24) is 0 Å². The van der Waals surface area contributed by atoms with Crippen molar-refractivity contribution in [2.75, 3.05) is 7.11 Å². The van der Waals surface area contributed by atoms with E-state index in [1.165, 1.54) is 5.56 Å². The van der Waals surface area contributed by atoms with Gasteiger partial charge in [-0.25, -0.2) is 0 Å². The zero-order chi connectivity index (χ0) is 11.4. The second kappa shape index (κ2) is 5.38. The van der Waals surface area contributed by atoms with Gasteiger partial charge in [-0.05, 0) is 31.0 Å². The summed E-state index contributed by atoms with van der Waals surface area (Å²) in [5, 5.41) is 9.59. The number of aliphatic hydroxyl groups excluding tert-OH is 1. The minimum Gasteiger partial charge on any atom is -0.496 e. The van der Waals surface area contributed by atoms with E-state index in [2.05, 4.69) is 6.92 Å². The highest BCUT2D eigenvalue weighted by Gasteiger charge is 2.18. The van der Waals surface area contributed by atoms with Crippen LogP contribution in [0.25, 0.3) is 0 Å². The van der Waals surface area contributed by atoms with Gasteiger partial charge in [0.25, 0.3) is 0 Å². The second-order valence-corrected chi connectivity index (χ2v) is 4.24. The van der Waals surface area contributed by atoms with Crippen molar-refractivity contribution in [3.8, 4) is 5.75 Å². The van der Waals surface area contributed by atoms with Gasteiger partial charge in [-0.2, -0.15) is 0 Å². The van der Waals surface area contributed by atoms with Crippen LogP contribution >= 0.6 is 11.6 Å². The van der Waals surface area contributed by atoms with Gasteiger partial charge in [-0.15, -0.1) is 11.6 Å². The van der Waals surface area contributed by atoms with E-state index in [1.54, 1.807) is 14.0 Å². The van der Waals surface area contributed by atoms with Crippen molar-refractivity contribution in [2.45, 2.75) is 31.7 Å². The van der Waals surface area contributed by atoms with E-state index in [-0.39, 0.29) is 5.38 Å². The van der Waals surface area contributed by atoms with Crippen LogP contribution in [-0.4, -0.2) is 17.6 Å². The third kappa shape index (κ3) is 2.86. The lowest BCUT2D eigenvalue weighted by Crippen LogP contribution is -2.10. The Hall–Kier alpha value is -0.730. The van der Waals surface area contributed by atoms with E-state index < -0.39 is 6.10 Å². The molecule has 0 bridgehead atoms. The molecule has 0 aliphatic heterocycles. The third-order valence-corrected chi connectivity index (χ3v) is 2.69. The highest BCUT2D eigenvalue weighted by Crippen LogP contribution is 2.30. The van der Waals surface area contributed by atoms with Crippen molar-refractivity contribution in [2.24, 2.45) is 0 Å². The standard InChI is InChI=1S/C12H17ClO2/c1-4-9-5-6-11(15-3)10(7-9)12(14)8(2)13/h5-8,12,14H,4H2,1-3H3. The van der Waals surface area contributed by atoms with Crippen LogP contribution in [0.2, 0.25) is 0 Å². The first-order valence-corrected chi connectivity index (χ1v) is 5.52. The Labute approximate surface area is 95.8 Å². The van der Waals surface area contributed by atoms with Crippen LogP contribution in [0.1, 0.15) is 31.1 Å². The highest BCUT2D eigenvalue weighted by atomic mass is 35.5. The molecule has 0 aliphatic carbocycles. The molecule has 0 saturated carbocycles. The largest absolute Gasteiger partial charge is 0.496 e. The molecule has 0 fully saturated rings. The second-order valence-electron chi connectivity index (χ2n) is 3.55. The van der Waals surface area contributed by atoms with Gasteiger partial charge < -0.3 is 9.84 Å². The van der Waals surface area contributed by atoms with Crippen LogP contribution < -0.4 is 4.74 Å². The van der Waals surface area contributed by atoms with Gasteiger partial charge in [-0.1, -0.05) is 13.0 Å². The fourth-order valence-corrected chi connectivity index (χ4v) is 1.62. The van der Waals surface area contributed by atoms with Crippen LogP contribution in [0.4, 0.5) is 0 Å². The summed E-state index contributed by atoms with van der Waals surface area (Å²) in [6, 6.07) is 5.81. The molecular formula is C12H17ClO2. The number of aliphatic hydroxyl groups is 1. The summed E-state index contributed by atoms with van der Waals surface area (Å²) in [5.74, 6) is 0.687. The summed E-state index contributed by atoms with van der Waals surface area (Å²) in [4.78, 5) is 0. The van der Waals surface area contributed by atoms with E-state index in [1.807, 2.05) is 18.2 Å². The lowest BCUT2D eigenvalue weighted by atomic mass is 10.0. The van der Waals surface area contributed by atoms with E-state index in [0.29, 0.717) is 5.75 Å². The molecule has 0 aromatic heterocycles. The minimum atomic E-state index is -0.687. The lowest BCUT2D eigenvalue weighted by molar-refractivity contribution is 0.173. The number of hydrogen-bond donors (Lipinski definition) is 1. The minimum absolute atomic E-state index is 0.328. The summed E-state index contributed by atoms with van der Waals surface area (Å²) in [5.41, 5.74) is 1.93. The van der Waals surface area contributed by atoms with E-state index in [9.17, 15) is 5.11 Å². The fourth-order valence-electron chi connectivity index (χ4n) is 1.48. The zero-order valence-electron chi connectivity index (χ0n) is 9.33. The maximum atomic E-state index is 9.92. The maximum absolute atomic E-state index is 9.92. The number of hydrogen-bond acceptors (Lipinski definition) is 2. The van der Waals surface area contributed by atoms with Crippen molar-refractivity contribution < 1.29 is 9.84 Å². The molecular weight excluding hydrogens is 212 g/mol. The van der Waals surface area contributed by atoms with Crippen molar-refractivity contribution in [3.63, 3.8) is 0 Å². The van der Waals surface area contributed by atoms with E-state index >= 15 is 0 Å². The van der Waals surface area contributed by atoms with Crippen LogP contribution in [0.3, 0.4) is 0 Å². The van der Waals surface area contributed by atoms with Crippen LogP contribution in [0, 0.1) is 0 Å². The number of methoxy groups -OCH3 is 1. The molecule has 2 atom stereocenters. The van der Waals surface area contributed by atoms with E-state index in [4.69, 9.17) is 16.3 Å². The SMILES string of the molecule is CCc1ccc(OC)c(C(O)C(C)Cl)c1. The molecule has 1 aromatic carbocycles. The van der Waals surface area contributed by atoms with Gasteiger partial charge in [-0.3, -0.25) is 0 Å². The summed E-state index contributed by atoms with van der Waals surface area (Å²) < 4.78 is 5.20. The molecule has 0 saturated heterocycles. The Morgan fingerprint density at radius 1 is 1.47 bits per heavy atom. The van der Waals surface area contributed by atoms with Gasteiger partial charge in [0.05, 0.1) is 18.6 Å². The third-order valence-electron chi connectivity index (χ3n) is 2.46. The predicted molar refractivity (Wildman–Crippen MR) is 62.6 cm³/mol. The van der Waals surface area contributed by atoms with Gasteiger partial charge >= 0.3 is 0 Å². The molecule has 1 aromatic rings. The molecule has 0 spiro atoms. The average Bonchev–Trinajstić information content (AvgIpc) is 2.27. The number of alkyl halides is 1. The normalized spacial score (nSPS) is 14.7. The van der Waals surface area contributed by atoms with Crippen LogP contribution in [0.5, 0.6) is 5.75 Å². The van der Waals surface area contributed by atoms with Crippen molar-refractivity contribution >= 4 is 11.6 Å². The summed E-state index contributed by atoms with van der Waals surface area (Å²) in [6.07, 6.45) is 0.244. The van der Waals surface area contributed by atoms with Gasteiger partial charge in [0.1, 0.15) is 5.75 Å². The monoisotopic (exact) mass is 228 g/mol. The number of ether oxygens (including phenoxy) is 1. The Balaban J connectivity index is 3.11. The molecule has 1 N–H and O–H groups in total. The molecule has 3 heteroatoms. The predicted octanol–water partition coefficient (Wildman–Crippen LogP) is 2.92. The molecule has 0 radical (unpaired) electrons. The average molecular weight is 229 g/mol. The summed E-state index contributed by atoms with van der Waals surface area (Å²) in [6.45, 7) is 3.84. The maximum Gasteiger partial charge on any atom is 0.124 e. The first-order valence-electron chi connectivity index (χ1n) is 5.09. The van der Waals surface area contributed by atoms with Crippen molar-refractivity contribution in [3.05, 3.63) is 29.3 Å². The molecule has 0 amide bonds. The first-order chi connectivity index (χ1) is 7.10. The van der Waals surface area contributed by atoms with Gasteiger partial charge in [0.2, 0.25) is 0 Å². The van der Waals surface area contributed by atoms with Gasteiger partial charge in [0.15, 0.2) is 0 Å². The number of rotatable bonds is 4. The number of halogens is 1. The van der Waals surface area contributed by atoms with Crippen molar-refractivity contribution in [1.29, 1.82) is 0 Å². The Morgan fingerprint density at radius 3 is 2.60 bits per heavy atom. The number of aryl methyl sites for hydroxylation is 1. The van der Waals surface area contributed by atoms with Gasteiger partial charge in [0, 0.05) is 5.56 Å². The highest BCUT2D eigenvalue weighted by molar-refractivity contribution is 6.20. The van der Waals surface area contributed by atoms with Crippen LogP contribution in [-0.2, 0) is 6.42 Å². The molecule has 84 valence electrons. The van der Waals surface area contributed by atoms with E-state index in [0.717, 1.165) is 12.0 Å². The zero-order valence-corrected chi connectivity index (χ0v) is 10.1. The molecule has 0 heterocycles. The van der Waals surface area contributed by atoms with Crippen LogP contribution in [0.15, 0.2) is 18.2 Å². The molecule has 15 heavy (non-hydrogen) atoms. The molecule has 1 rings (SSSR count). The quantitative estimate of drug-likeness (QED) is 0.803. The Bertz CT molecular complexity index is 323. The Kier molecular flexibility index (Phi) is 4.43. The first kappa shape index (κ1) is 12.3. The Morgan fingerprint density at radius 2 is 2.13 bits per heavy atom. The lowest BCUT2D eigenvalue weighted by Gasteiger charge is -2.17. The fraction of sp³-hybridized carbons (Fsp3) is 0.500. The summed E-state index contributed by atoms with van der Waals surface area (Å²) >= 11 is 5.88. The molecule has 2 unspecified atom stereocenters. The topological polar surface area (TPSA) is 29.5 Å². The molecule has 2 nitrogen and oxygen atoms in total. The number of benzene rings is 1.